The maximum absolute atomic E-state index is 13.4. The topological polar surface area (TPSA) is 113 Å². The lowest BCUT2D eigenvalue weighted by Gasteiger charge is -2.24. The smallest absolute Gasteiger partial charge is 0.264 e. The van der Waals surface area contributed by atoms with Gasteiger partial charge >= 0.3 is 0 Å². The number of nitrogens with zero attached hydrogens (tertiary/aromatic N) is 1. The minimum atomic E-state index is -4.04. The Hall–Kier alpha value is -3.67. The fourth-order valence-electron chi connectivity index (χ4n) is 3.41. The molecule has 0 aliphatic carbocycles. The molecule has 190 valence electrons. The summed E-state index contributed by atoms with van der Waals surface area (Å²) in [5, 5.41) is 2.64. The molecule has 0 saturated carbocycles. The van der Waals surface area contributed by atoms with Gasteiger partial charge in [0.1, 0.15) is 6.54 Å². The quantitative estimate of drug-likeness (QED) is 0.278. The summed E-state index contributed by atoms with van der Waals surface area (Å²) < 4.78 is 56.3. The minimum absolute atomic E-state index is 0.0116. The van der Waals surface area contributed by atoms with E-state index >= 15 is 0 Å². The van der Waals surface area contributed by atoms with Gasteiger partial charge in [-0.1, -0.05) is 52.3 Å². The highest BCUT2D eigenvalue weighted by molar-refractivity contribution is 9.10. The van der Waals surface area contributed by atoms with Crippen molar-refractivity contribution >= 4 is 58.9 Å². The third-order valence-corrected chi connectivity index (χ3v) is 8.92. The van der Waals surface area contributed by atoms with Crippen molar-refractivity contribution in [3.05, 3.63) is 114 Å². The Balaban J connectivity index is 1.52. The van der Waals surface area contributed by atoms with Crippen LogP contribution in [0.2, 0.25) is 0 Å². The molecule has 2 N–H and O–H groups in total. The van der Waals surface area contributed by atoms with E-state index in [1.165, 1.54) is 36.4 Å². The van der Waals surface area contributed by atoms with Gasteiger partial charge in [0, 0.05) is 15.8 Å². The number of carbonyl (C=O) groups is 1. The van der Waals surface area contributed by atoms with Crippen LogP contribution in [-0.2, 0) is 24.8 Å². The van der Waals surface area contributed by atoms with Crippen LogP contribution in [0.4, 0.5) is 17.1 Å². The van der Waals surface area contributed by atoms with Crippen molar-refractivity contribution in [1.82, 2.24) is 0 Å². The van der Waals surface area contributed by atoms with E-state index in [0.717, 1.165) is 8.78 Å². The van der Waals surface area contributed by atoms with Crippen LogP contribution in [0.5, 0.6) is 0 Å². The number of hydrogen-bond acceptors (Lipinski definition) is 5. The van der Waals surface area contributed by atoms with Crippen LogP contribution in [0, 0.1) is 0 Å². The van der Waals surface area contributed by atoms with E-state index in [4.69, 9.17) is 0 Å². The van der Waals surface area contributed by atoms with Crippen LogP contribution >= 0.6 is 15.9 Å². The second kappa shape index (κ2) is 11.2. The largest absolute Gasteiger partial charge is 0.325 e. The van der Waals surface area contributed by atoms with E-state index in [0.29, 0.717) is 17.1 Å². The molecule has 0 heterocycles. The first-order valence-corrected chi connectivity index (χ1v) is 14.7. The van der Waals surface area contributed by atoms with Crippen LogP contribution in [0.15, 0.2) is 123 Å². The fraction of sp³-hybridized carbons (Fsp3) is 0.0385. The second-order valence-corrected chi connectivity index (χ2v) is 12.3. The molecule has 4 rings (SSSR count). The highest BCUT2D eigenvalue weighted by Crippen LogP contribution is 2.25. The van der Waals surface area contributed by atoms with Gasteiger partial charge in [0.25, 0.3) is 20.0 Å². The number of halogens is 1. The van der Waals surface area contributed by atoms with E-state index in [9.17, 15) is 21.6 Å². The van der Waals surface area contributed by atoms with Gasteiger partial charge in [-0.25, -0.2) is 16.8 Å². The lowest BCUT2D eigenvalue weighted by molar-refractivity contribution is -0.114. The average Bonchev–Trinajstić information content (AvgIpc) is 2.89. The molecule has 4 aromatic carbocycles. The first-order valence-electron chi connectivity index (χ1n) is 11.0. The SMILES string of the molecule is O=C(CN(c1ccc(Br)cc1)S(=O)(=O)c1ccccc1)Nc1ccc(S(=O)(=O)Nc2ccccc2)cc1. The number of hydrogen-bond donors (Lipinski definition) is 2. The zero-order valence-electron chi connectivity index (χ0n) is 19.3. The predicted molar refractivity (Wildman–Crippen MR) is 147 cm³/mol. The molecule has 0 saturated heterocycles. The molecule has 0 atom stereocenters. The summed E-state index contributed by atoms with van der Waals surface area (Å²) in [7, 11) is -7.86. The maximum atomic E-state index is 13.4. The minimum Gasteiger partial charge on any atom is -0.325 e. The molecule has 0 fully saturated rings. The van der Waals surface area contributed by atoms with Gasteiger partial charge in [0.2, 0.25) is 5.91 Å². The Labute approximate surface area is 224 Å². The van der Waals surface area contributed by atoms with Crippen molar-refractivity contribution in [1.29, 1.82) is 0 Å². The van der Waals surface area contributed by atoms with Crippen LogP contribution in [0.25, 0.3) is 0 Å². The van der Waals surface area contributed by atoms with Crippen LogP contribution in [0.3, 0.4) is 0 Å². The number of benzene rings is 4. The summed E-state index contributed by atoms with van der Waals surface area (Å²) in [6.45, 7) is -0.492. The first-order chi connectivity index (χ1) is 17.6. The van der Waals surface area contributed by atoms with Gasteiger partial charge in [-0.05, 0) is 72.8 Å². The van der Waals surface area contributed by atoms with E-state index < -0.39 is 32.5 Å². The summed E-state index contributed by atoms with van der Waals surface area (Å²) in [6.07, 6.45) is 0. The number of para-hydroxylation sites is 1. The molecule has 0 aliphatic rings. The van der Waals surface area contributed by atoms with Crippen molar-refractivity contribution in [3.63, 3.8) is 0 Å². The molecule has 0 spiro atoms. The Morgan fingerprint density at radius 2 is 1.24 bits per heavy atom. The van der Waals surface area contributed by atoms with E-state index in [1.807, 2.05) is 0 Å². The van der Waals surface area contributed by atoms with E-state index in [-0.39, 0.29) is 9.79 Å². The number of carbonyl (C=O) groups excluding carboxylic acids is 1. The zero-order chi connectivity index (χ0) is 26.5. The summed E-state index contributed by atoms with van der Waals surface area (Å²) in [5.74, 6) is -0.597. The summed E-state index contributed by atoms with van der Waals surface area (Å²) >= 11 is 3.33. The first kappa shape index (κ1) is 26.4. The number of nitrogens with one attached hydrogen (secondary N) is 2. The van der Waals surface area contributed by atoms with Gasteiger partial charge in [-0.15, -0.1) is 0 Å². The highest BCUT2D eigenvalue weighted by Gasteiger charge is 2.27. The third kappa shape index (κ3) is 6.56. The Morgan fingerprint density at radius 3 is 1.84 bits per heavy atom. The normalized spacial score (nSPS) is 11.5. The van der Waals surface area contributed by atoms with Crippen molar-refractivity contribution in [2.24, 2.45) is 0 Å². The van der Waals surface area contributed by atoms with Crippen LogP contribution in [-0.4, -0.2) is 29.3 Å². The third-order valence-electron chi connectivity index (χ3n) is 5.21. The molecule has 11 heteroatoms. The van der Waals surface area contributed by atoms with Gasteiger partial charge in [-0.3, -0.25) is 13.8 Å². The zero-order valence-corrected chi connectivity index (χ0v) is 22.5. The molecule has 37 heavy (non-hydrogen) atoms. The summed E-state index contributed by atoms with van der Waals surface area (Å²) in [5.41, 5.74) is 1.06. The maximum Gasteiger partial charge on any atom is 0.264 e. The van der Waals surface area contributed by atoms with Crippen molar-refractivity contribution < 1.29 is 21.6 Å². The van der Waals surface area contributed by atoms with Crippen molar-refractivity contribution in [2.75, 3.05) is 20.9 Å². The number of sulfonamides is 2. The number of anilines is 3. The molecule has 0 aromatic heterocycles. The highest BCUT2D eigenvalue weighted by atomic mass is 79.9. The fourth-order valence-corrected chi connectivity index (χ4v) is 6.18. The lowest BCUT2D eigenvalue weighted by atomic mass is 10.3. The van der Waals surface area contributed by atoms with Gasteiger partial charge in [-0.2, -0.15) is 0 Å². The van der Waals surface area contributed by atoms with Crippen molar-refractivity contribution in [2.45, 2.75) is 9.79 Å². The molecule has 0 unspecified atom stereocenters. The monoisotopic (exact) mass is 599 g/mol. The molecule has 0 radical (unpaired) electrons. The molecule has 0 bridgehead atoms. The van der Waals surface area contributed by atoms with Gasteiger partial charge < -0.3 is 5.32 Å². The standard InChI is InChI=1S/C26H22BrN3O5S2/c27-20-11-15-23(16-12-20)30(37(34,35)25-9-5-2-6-10-25)19-26(31)28-21-13-17-24(18-14-21)36(32,33)29-22-7-3-1-4-8-22/h1-18,29H,19H2,(H,28,31). The Morgan fingerprint density at radius 1 is 0.676 bits per heavy atom. The van der Waals surface area contributed by atoms with Gasteiger partial charge in [0.05, 0.1) is 15.5 Å². The number of rotatable bonds is 9. The summed E-state index contributed by atoms with van der Waals surface area (Å²) in [4.78, 5) is 13.0. The van der Waals surface area contributed by atoms with E-state index in [2.05, 4.69) is 26.0 Å². The molecule has 4 aromatic rings. The lowest BCUT2D eigenvalue weighted by Crippen LogP contribution is -2.38. The van der Waals surface area contributed by atoms with E-state index in [1.54, 1.807) is 72.8 Å². The molecule has 1 amide bonds. The number of amides is 1. The summed E-state index contributed by atoms with van der Waals surface area (Å²) in [6, 6.07) is 28.4. The van der Waals surface area contributed by atoms with Crippen LogP contribution < -0.4 is 14.3 Å². The second-order valence-electron chi connectivity index (χ2n) is 7.85. The average molecular weight is 601 g/mol. The Kier molecular flexibility index (Phi) is 7.96. The molecule has 0 aliphatic heterocycles. The molecular weight excluding hydrogens is 578 g/mol. The Bertz CT molecular complexity index is 1580. The van der Waals surface area contributed by atoms with Crippen LogP contribution in [0.1, 0.15) is 0 Å². The molecule has 8 nitrogen and oxygen atoms in total. The van der Waals surface area contributed by atoms with Gasteiger partial charge in [0.15, 0.2) is 0 Å². The predicted octanol–water partition coefficient (Wildman–Crippen LogP) is 5.08. The van der Waals surface area contributed by atoms with Crippen molar-refractivity contribution in [3.8, 4) is 0 Å². The molecular formula is C26H22BrN3O5S2.